The summed E-state index contributed by atoms with van der Waals surface area (Å²) in [6.45, 7) is 4.47. The topological polar surface area (TPSA) is 24.5 Å². The third-order valence-electron chi connectivity index (χ3n) is 4.31. The second-order valence-electron chi connectivity index (χ2n) is 5.87. The molecule has 3 nitrogen and oxygen atoms in total. The van der Waals surface area contributed by atoms with Crippen molar-refractivity contribution in [1.82, 2.24) is 0 Å². The zero-order valence-corrected chi connectivity index (χ0v) is 13.4. The van der Waals surface area contributed by atoms with E-state index in [1.165, 1.54) is 36.2 Å². The van der Waals surface area contributed by atoms with Gasteiger partial charge in [-0.3, -0.25) is 0 Å². The number of methoxy groups -OCH3 is 1. The minimum Gasteiger partial charge on any atom is -0.497 e. The van der Waals surface area contributed by atoms with Gasteiger partial charge in [0.05, 0.1) is 18.5 Å². The van der Waals surface area contributed by atoms with Crippen molar-refractivity contribution in [1.29, 1.82) is 0 Å². The Kier molecular flexibility index (Phi) is 4.52. The highest BCUT2D eigenvalue weighted by molar-refractivity contribution is 5.78. The first-order valence-corrected chi connectivity index (χ1v) is 8.03. The molecule has 1 heterocycles. The van der Waals surface area contributed by atoms with Crippen LogP contribution in [0.5, 0.6) is 5.75 Å². The number of nitrogens with zero attached hydrogens (tertiary/aromatic N) is 1. The van der Waals surface area contributed by atoms with E-state index in [9.17, 15) is 0 Å². The maximum atomic E-state index is 5.23. The summed E-state index contributed by atoms with van der Waals surface area (Å²) in [5, 5.41) is 3.59. The molecule has 0 radical (unpaired) electrons. The van der Waals surface area contributed by atoms with Gasteiger partial charge in [-0.1, -0.05) is 12.1 Å². The molecule has 0 bridgehead atoms. The monoisotopic (exact) mass is 296 g/mol. The summed E-state index contributed by atoms with van der Waals surface area (Å²) in [4.78, 5) is 2.50. The minimum atomic E-state index is 0.881. The van der Waals surface area contributed by atoms with E-state index in [1.54, 1.807) is 7.11 Å². The van der Waals surface area contributed by atoms with Crippen LogP contribution in [0.1, 0.15) is 24.8 Å². The molecule has 0 unspecified atom stereocenters. The second kappa shape index (κ2) is 6.73. The summed E-state index contributed by atoms with van der Waals surface area (Å²) in [5.41, 5.74) is 4.90. The van der Waals surface area contributed by atoms with E-state index in [-0.39, 0.29) is 0 Å². The van der Waals surface area contributed by atoms with Crippen molar-refractivity contribution >= 4 is 17.1 Å². The van der Waals surface area contributed by atoms with Gasteiger partial charge in [-0.05, 0) is 62.1 Å². The summed E-state index contributed by atoms with van der Waals surface area (Å²) in [7, 11) is 1.69. The van der Waals surface area contributed by atoms with E-state index in [4.69, 9.17) is 4.74 Å². The molecule has 0 aliphatic carbocycles. The van der Waals surface area contributed by atoms with Crippen LogP contribution in [0.2, 0.25) is 0 Å². The highest BCUT2D eigenvalue weighted by atomic mass is 16.5. The molecule has 1 N–H and O–H groups in total. The SMILES string of the molecule is COc1ccc(Nc2c(C)cccc2N2CCCCC2)cc1. The normalized spacial score (nSPS) is 14.7. The number of ether oxygens (including phenoxy) is 1. The van der Waals surface area contributed by atoms with Crippen molar-refractivity contribution < 1.29 is 4.74 Å². The molecule has 0 saturated carbocycles. The molecule has 0 spiro atoms. The molecule has 1 aliphatic heterocycles. The van der Waals surface area contributed by atoms with Crippen LogP contribution in [0.25, 0.3) is 0 Å². The molecule has 0 atom stereocenters. The molecule has 0 amide bonds. The van der Waals surface area contributed by atoms with E-state index >= 15 is 0 Å². The lowest BCUT2D eigenvalue weighted by Gasteiger charge is -2.31. The number of hydrogen-bond donors (Lipinski definition) is 1. The molecule has 116 valence electrons. The number of piperidine rings is 1. The average Bonchev–Trinajstić information content (AvgIpc) is 2.58. The molecular formula is C19H24N2O. The van der Waals surface area contributed by atoms with E-state index in [0.717, 1.165) is 24.5 Å². The number of anilines is 3. The molecule has 1 saturated heterocycles. The molecule has 1 fully saturated rings. The second-order valence-corrected chi connectivity index (χ2v) is 5.87. The van der Waals surface area contributed by atoms with Gasteiger partial charge in [0, 0.05) is 18.8 Å². The fraction of sp³-hybridized carbons (Fsp3) is 0.368. The van der Waals surface area contributed by atoms with Crippen LogP contribution in [0.3, 0.4) is 0 Å². The standard InChI is InChI=1S/C19H24N2O/c1-15-7-6-8-18(21-13-4-3-5-14-21)19(15)20-16-9-11-17(22-2)12-10-16/h6-12,20H,3-5,13-14H2,1-2H3. The molecule has 3 heteroatoms. The van der Waals surface area contributed by atoms with Crippen molar-refractivity contribution in [3.63, 3.8) is 0 Å². The van der Waals surface area contributed by atoms with Crippen LogP contribution < -0.4 is 15.0 Å². The zero-order chi connectivity index (χ0) is 15.4. The summed E-state index contributed by atoms with van der Waals surface area (Å²) in [5.74, 6) is 0.881. The maximum Gasteiger partial charge on any atom is 0.119 e. The third-order valence-corrected chi connectivity index (χ3v) is 4.31. The summed E-state index contributed by atoms with van der Waals surface area (Å²) < 4.78 is 5.23. The molecule has 2 aromatic carbocycles. The number of benzene rings is 2. The third kappa shape index (κ3) is 3.19. The lowest BCUT2D eigenvalue weighted by molar-refractivity contribution is 0.415. The van der Waals surface area contributed by atoms with E-state index in [0.29, 0.717) is 0 Å². The Hall–Kier alpha value is -2.16. The lowest BCUT2D eigenvalue weighted by atomic mass is 10.1. The van der Waals surface area contributed by atoms with Crippen molar-refractivity contribution in [3.8, 4) is 5.75 Å². The van der Waals surface area contributed by atoms with Crippen LogP contribution in [-0.2, 0) is 0 Å². The first-order valence-electron chi connectivity index (χ1n) is 8.03. The quantitative estimate of drug-likeness (QED) is 0.882. The van der Waals surface area contributed by atoms with Gasteiger partial charge < -0.3 is 15.0 Å². The van der Waals surface area contributed by atoms with Crippen LogP contribution >= 0.6 is 0 Å². The summed E-state index contributed by atoms with van der Waals surface area (Å²) in [6.07, 6.45) is 3.93. The fourth-order valence-electron chi connectivity index (χ4n) is 3.03. The Bertz CT molecular complexity index is 616. The Balaban J connectivity index is 1.87. The molecule has 1 aliphatic rings. The van der Waals surface area contributed by atoms with Crippen LogP contribution in [0.4, 0.5) is 17.1 Å². The van der Waals surface area contributed by atoms with Gasteiger partial charge in [-0.25, -0.2) is 0 Å². The summed E-state index contributed by atoms with van der Waals surface area (Å²) in [6, 6.07) is 14.6. The van der Waals surface area contributed by atoms with Gasteiger partial charge >= 0.3 is 0 Å². The first kappa shape index (κ1) is 14.8. The lowest BCUT2D eigenvalue weighted by Crippen LogP contribution is -2.30. The van der Waals surface area contributed by atoms with Gasteiger partial charge in [0.25, 0.3) is 0 Å². The van der Waals surface area contributed by atoms with Gasteiger partial charge in [0.15, 0.2) is 0 Å². The Morgan fingerprint density at radius 1 is 0.955 bits per heavy atom. The van der Waals surface area contributed by atoms with Crippen LogP contribution in [-0.4, -0.2) is 20.2 Å². The van der Waals surface area contributed by atoms with Crippen molar-refractivity contribution in [3.05, 3.63) is 48.0 Å². The highest BCUT2D eigenvalue weighted by Crippen LogP contribution is 2.33. The number of nitrogens with one attached hydrogen (secondary N) is 1. The largest absolute Gasteiger partial charge is 0.497 e. The summed E-state index contributed by atoms with van der Waals surface area (Å²) >= 11 is 0. The zero-order valence-electron chi connectivity index (χ0n) is 13.4. The predicted molar refractivity (Wildman–Crippen MR) is 93.5 cm³/mol. The van der Waals surface area contributed by atoms with Crippen molar-refractivity contribution in [2.75, 3.05) is 30.4 Å². The number of para-hydroxylation sites is 1. The first-order chi connectivity index (χ1) is 10.8. The van der Waals surface area contributed by atoms with Crippen LogP contribution in [0.15, 0.2) is 42.5 Å². The number of hydrogen-bond acceptors (Lipinski definition) is 3. The molecule has 22 heavy (non-hydrogen) atoms. The Labute approximate surface area is 132 Å². The van der Waals surface area contributed by atoms with Gasteiger partial charge in [-0.15, -0.1) is 0 Å². The van der Waals surface area contributed by atoms with Gasteiger partial charge in [0.2, 0.25) is 0 Å². The van der Waals surface area contributed by atoms with Gasteiger partial charge in [-0.2, -0.15) is 0 Å². The van der Waals surface area contributed by atoms with E-state index in [2.05, 4.69) is 47.5 Å². The Morgan fingerprint density at radius 3 is 2.36 bits per heavy atom. The fourth-order valence-corrected chi connectivity index (χ4v) is 3.03. The van der Waals surface area contributed by atoms with E-state index < -0.39 is 0 Å². The Morgan fingerprint density at radius 2 is 1.68 bits per heavy atom. The highest BCUT2D eigenvalue weighted by Gasteiger charge is 2.15. The van der Waals surface area contributed by atoms with E-state index in [1.807, 2.05) is 12.1 Å². The van der Waals surface area contributed by atoms with Crippen molar-refractivity contribution in [2.24, 2.45) is 0 Å². The minimum absolute atomic E-state index is 0.881. The number of aryl methyl sites for hydroxylation is 1. The molecule has 0 aromatic heterocycles. The molecule has 3 rings (SSSR count). The number of rotatable bonds is 4. The van der Waals surface area contributed by atoms with Crippen LogP contribution in [0, 0.1) is 6.92 Å². The average molecular weight is 296 g/mol. The van der Waals surface area contributed by atoms with Crippen molar-refractivity contribution in [2.45, 2.75) is 26.2 Å². The maximum absolute atomic E-state index is 5.23. The molecule has 2 aromatic rings. The van der Waals surface area contributed by atoms with Gasteiger partial charge in [0.1, 0.15) is 5.75 Å². The smallest absolute Gasteiger partial charge is 0.119 e. The predicted octanol–water partition coefficient (Wildman–Crippen LogP) is 4.74. The molecular weight excluding hydrogens is 272 g/mol.